The van der Waals surface area contributed by atoms with Gasteiger partial charge in [0.2, 0.25) is 6.23 Å². The second-order valence-corrected chi connectivity index (χ2v) is 8.20. The number of fused-ring (bicyclic) bond motifs is 3. The Morgan fingerprint density at radius 2 is 1.76 bits per heavy atom. The lowest BCUT2D eigenvalue weighted by Crippen LogP contribution is -2.34. The molecule has 2 aliphatic heterocycles. The Morgan fingerprint density at radius 1 is 0.970 bits per heavy atom. The molecule has 6 nitrogen and oxygen atoms in total. The first kappa shape index (κ1) is 21.2. The van der Waals surface area contributed by atoms with Gasteiger partial charge in [0.25, 0.3) is 0 Å². The van der Waals surface area contributed by atoms with Crippen LogP contribution in [0.15, 0.2) is 65.8 Å². The van der Waals surface area contributed by atoms with Crippen molar-refractivity contribution < 1.29 is 18.9 Å². The molecule has 6 heteroatoms. The Kier molecular flexibility index (Phi) is 5.58. The molecule has 0 fully saturated rings. The average Bonchev–Trinajstić information content (AvgIpc) is 3.30. The van der Waals surface area contributed by atoms with Crippen LogP contribution in [-0.4, -0.2) is 31.5 Å². The zero-order valence-electron chi connectivity index (χ0n) is 19.4. The molecule has 33 heavy (non-hydrogen) atoms. The first-order valence-electron chi connectivity index (χ1n) is 11.2. The van der Waals surface area contributed by atoms with Gasteiger partial charge in [0.05, 0.1) is 32.6 Å². The maximum absolute atomic E-state index is 6.59. The van der Waals surface area contributed by atoms with Crippen molar-refractivity contribution in [3.63, 3.8) is 0 Å². The molecule has 0 aliphatic carbocycles. The summed E-state index contributed by atoms with van der Waals surface area (Å²) >= 11 is 0. The van der Waals surface area contributed by atoms with Crippen molar-refractivity contribution in [1.29, 1.82) is 0 Å². The van der Waals surface area contributed by atoms with Gasteiger partial charge in [-0.25, -0.2) is 5.01 Å². The summed E-state index contributed by atoms with van der Waals surface area (Å²) in [5.74, 6) is 2.86. The van der Waals surface area contributed by atoms with E-state index in [1.54, 1.807) is 14.2 Å². The number of methoxy groups -OCH3 is 2. The van der Waals surface area contributed by atoms with Crippen LogP contribution in [0.5, 0.6) is 23.0 Å². The summed E-state index contributed by atoms with van der Waals surface area (Å²) < 4.78 is 23.5. The maximum atomic E-state index is 6.59. The SMILES string of the molecule is CCOc1cccc2c1O[C@@H](c1ccc(OC)c(OC)c1)N1N=C(c3ccc(C)cc3)C[C@H]21. The van der Waals surface area contributed by atoms with E-state index in [1.165, 1.54) is 5.56 Å². The summed E-state index contributed by atoms with van der Waals surface area (Å²) in [7, 11) is 3.27. The summed E-state index contributed by atoms with van der Waals surface area (Å²) in [6.45, 7) is 4.64. The van der Waals surface area contributed by atoms with Gasteiger partial charge >= 0.3 is 0 Å². The first-order valence-corrected chi connectivity index (χ1v) is 11.2. The van der Waals surface area contributed by atoms with Gasteiger partial charge in [0, 0.05) is 17.5 Å². The minimum Gasteiger partial charge on any atom is -0.493 e. The standard InChI is InChI=1S/C27H28N2O4/c1-5-32-24-8-6-7-20-22-16-21(18-11-9-17(2)10-12-18)28-29(22)27(33-26(20)24)19-13-14-23(30-3)25(15-19)31-4/h6-15,22,27H,5,16H2,1-4H3/t22-,27+/m1/s1. The number of aryl methyl sites for hydroxylation is 1. The molecule has 0 spiro atoms. The highest BCUT2D eigenvalue weighted by Gasteiger charge is 2.42. The molecule has 0 saturated heterocycles. The smallest absolute Gasteiger partial charge is 0.214 e. The third kappa shape index (κ3) is 3.75. The molecule has 0 aromatic heterocycles. The Bertz CT molecular complexity index is 1190. The van der Waals surface area contributed by atoms with Crippen LogP contribution in [0.25, 0.3) is 0 Å². The molecule has 0 N–H and O–H groups in total. The molecule has 2 heterocycles. The highest BCUT2D eigenvalue weighted by Crippen LogP contribution is 2.51. The maximum Gasteiger partial charge on any atom is 0.214 e. The molecule has 3 aromatic carbocycles. The highest BCUT2D eigenvalue weighted by molar-refractivity contribution is 6.02. The topological polar surface area (TPSA) is 52.5 Å². The fourth-order valence-corrected chi connectivity index (χ4v) is 4.50. The van der Waals surface area contributed by atoms with Crippen molar-refractivity contribution >= 4 is 5.71 Å². The Labute approximate surface area is 194 Å². The van der Waals surface area contributed by atoms with Crippen molar-refractivity contribution in [2.24, 2.45) is 5.10 Å². The normalized spacial score (nSPS) is 18.7. The van der Waals surface area contributed by atoms with E-state index in [2.05, 4.69) is 42.3 Å². The monoisotopic (exact) mass is 444 g/mol. The second kappa shape index (κ2) is 8.70. The van der Waals surface area contributed by atoms with E-state index in [9.17, 15) is 0 Å². The highest BCUT2D eigenvalue weighted by atomic mass is 16.5. The summed E-state index contributed by atoms with van der Waals surface area (Å²) in [5.41, 5.74) is 5.42. The van der Waals surface area contributed by atoms with E-state index in [4.69, 9.17) is 24.0 Å². The minimum absolute atomic E-state index is 0.0450. The lowest BCUT2D eigenvalue weighted by atomic mass is 9.95. The van der Waals surface area contributed by atoms with Gasteiger partial charge in [-0.1, -0.05) is 42.0 Å². The first-order chi connectivity index (χ1) is 16.1. The van der Waals surface area contributed by atoms with Gasteiger partial charge in [-0.15, -0.1) is 0 Å². The van der Waals surface area contributed by atoms with Crippen molar-refractivity contribution in [2.75, 3.05) is 20.8 Å². The predicted molar refractivity (Wildman–Crippen MR) is 127 cm³/mol. The molecule has 170 valence electrons. The Morgan fingerprint density at radius 3 is 2.48 bits per heavy atom. The summed E-state index contributed by atoms with van der Waals surface area (Å²) in [4.78, 5) is 0. The van der Waals surface area contributed by atoms with Crippen molar-refractivity contribution in [3.8, 4) is 23.0 Å². The number of benzene rings is 3. The van der Waals surface area contributed by atoms with E-state index in [0.29, 0.717) is 18.1 Å². The number of hydrazone groups is 1. The van der Waals surface area contributed by atoms with E-state index in [0.717, 1.165) is 40.3 Å². The number of ether oxygens (including phenoxy) is 4. The van der Waals surface area contributed by atoms with E-state index >= 15 is 0 Å². The van der Waals surface area contributed by atoms with Gasteiger partial charge in [-0.3, -0.25) is 0 Å². The summed E-state index contributed by atoms with van der Waals surface area (Å²) in [6, 6.07) is 20.5. The second-order valence-electron chi connectivity index (χ2n) is 8.20. The zero-order valence-corrected chi connectivity index (χ0v) is 19.4. The fraction of sp³-hybridized carbons (Fsp3) is 0.296. The quantitative estimate of drug-likeness (QED) is 0.492. The lowest BCUT2D eigenvalue weighted by molar-refractivity contribution is -0.0213. The van der Waals surface area contributed by atoms with Gasteiger partial charge in [-0.05, 0) is 43.7 Å². The molecule has 5 rings (SSSR count). The molecule has 2 atom stereocenters. The average molecular weight is 445 g/mol. The number of para-hydroxylation sites is 1. The van der Waals surface area contributed by atoms with Crippen LogP contribution in [-0.2, 0) is 0 Å². The molecule has 2 aliphatic rings. The van der Waals surface area contributed by atoms with Crippen LogP contribution >= 0.6 is 0 Å². The van der Waals surface area contributed by atoms with Crippen molar-refractivity contribution in [1.82, 2.24) is 5.01 Å². The molecule has 0 saturated carbocycles. The van der Waals surface area contributed by atoms with Crippen LogP contribution in [0, 0.1) is 6.92 Å². The fourth-order valence-electron chi connectivity index (χ4n) is 4.50. The van der Waals surface area contributed by atoms with Crippen molar-refractivity contribution in [3.05, 3.63) is 82.9 Å². The van der Waals surface area contributed by atoms with Crippen LogP contribution < -0.4 is 18.9 Å². The summed E-state index contributed by atoms with van der Waals surface area (Å²) in [6.07, 6.45) is 0.366. The number of hydrogen-bond acceptors (Lipinski definition) is 6. The molecular weight excluding hydrogens is 416 g/mol. The molecule has 0 radical (unpaired) electrons. The van der Waals surface area contributed by atoms with E-state index < -0.39 is 6.23 Å². The van der Waals surface area contributed by atoms with E-state index in [1.807, 2.05) is 37.3 Å². The van der Waals surface area contributed by atoms with Crippen LogP contribution in [0.1, 0.15) is 47.9 Å². The molecule has 0 unspecified atom stereocenters. The minimum atomic E-state index is -0.424. The van der Waals surface area contributed by atoms with Gasteiger partial charge < -0.3 is 18.9 Å². The predicted octanol–water partition coefficient (Wildman–Crippen LogP) is 5.65. The molecule has 0 amide bonds. The largest absolute Gasteiger partial charge is 0.493 e. The summed E-state index contributed by atoms with van der Waals surface area (Å²) in [5, 5.41) is 7.12. The molecule has 0 bridgehead atoms. The number of hydrogen-bond donors (Lipinski definition) is 0. The molecule has 3 aromatic rings. The van der Waals surface area contributed by atoms with E-state index in [-0.39, 0.29) is 6.04 Å². The third-order valence-corrected chi connectivity index (χ3v) is 6.16. The zero-order chi connectivity index (χ0) is 22.9. The third-order valence-electron chi connectivity index (χ3n) is 6.16. The van der Waals surface area contributed by atoms with Gasteiger partial charge in [0.15, 0.2) is 23.0 Å². The van der Waals surface area contributed by atoms with Crippen LogP contribution in [0.2, 0.25) is 0 Å². The van der Waals surface area contributed by atoms with Crippen LogP contribution in [0.3, 0.4) is 0 Å². The number of nitrogens with zero attached hydrogens (tertiary/aromatic N) is 2. The number of rotatable bonds is 6. The van der Waals surface area contributed by atoms with Gasteiger partial charge in [0.1, 0.15) is 0 Å². The van der Waals surface area contributed by atoms with Crippen molar-refractivity contribution in [2.45, 2.75) is 32.5 Å². The Balaban J connectivity index is 1.61. The molecular formula is C27H28N2O4. The Hall–Kier alpha value is -3.67. The lowest BCUT2D eigenvalue weighted by Gasteiger charge is -2.38. The van der Waals surface area contributed by atoms with Gasteiger partial charge in [-0.2, -0.15) is 5.10 Å². The van der Waals surface area contributed by atoms with Crippen LogP contribution in [0.4, 0.5) is 0 Å².